The molecule has 0 unspecified atom stereocenters. The second-order valence-corrected chi connectivity index (χ2v) is 6.35. The van der Waals surface area contributed by atoms with Crippen LogP contribution in [-0.2, 0) is 6.42 Å². The van der Waals surface area contributed by atoms with Crippen molar-refractivity contribution >= 4 is 17.1 Å². The van der Waals surface area contributed by atoms with Gasteiger partial charge in [-0.15, -0.1) is 0 Å². The number of rotatable bonds is 5. The molecule has 1 aliphatic rings. The highest BCUT2D eigenvalue weighted by Gasteiger charge is 2.33. The first-order chi connectivity index (χ1) is 12.6. The van der Waals surface area contributed by atoms with Gasteiger partial charge in [-0.25, -0.2) is 0 Å². The van der Waals surface area contributed by atoms with Crippen molar-refractivity contribution in [1.82, 2.24) is 0 Å². The number of hydrogen-bond donors (Lipinski definition) is 3. The van der Waals surface area contributed by atoms with Crippen molar-refractivity contribution in [1.29, 1.82) is 0 Å². The Morgan fingerprint density at radius 2 is 1.69 bits per heavy atom. The van der Waals surface area contributed by atoms with E-state index in [1.807, 2.05) is 24.3 Å². The Morgan fingerprint density at radius 1 is 1.00 bits per heavy atom. The van der Waals surface area contributed by atoms with Crippen LogP contribution in [0.1, 0.15) is 17.2 Å². The Morgan fingerprint density at radius 3 is 2.42 bits per heavy atom. The van der Waals surface area contributed by atoms with E-state index < -0.39 is 23.0 Å². The van der Waals surface area contributed by atoms with E-state index in [1.54, 1.807) is 31.4 Å². The van der Waals surface area contributed by atoms with Crippen LogP contribution in [-0.4, -0.2) is 18.3 Å². The SMILES string of the molecule is COc1ccc(Nc2c(N[C@H]3c4ccccc4C[C@H]3O)c(=O)c2=O)cc1. The van der Waals surface area contributed by atoms with E-state index in [9.17, 15) is 14.7 Å². The van der Waals surface area contributed by atoms with Crippen LogP contribution in [0.15, 0.2) is 58.1 Å². The lowest BCUT2D eigenvalue weighted by Crippen LogP contribution is -2.38. The van der Waals surface area contributed by atoms with Gasteiger partial charge in [-0.1, -0.05) is 24.3 Å². The molecule has 26 heavy (non-hydrogen) atoms. The van der Waals surface area contributed by atoms with Crippen LogP contribution >= 0.6 is 0 Å². The summed E-state index contributed by atoms with van der Waals surface area (Å²) in [5.74, 6) is 0.699. The van der Waals surface area contributed by atoms with Crippen molar-refractivity contribution in [2.24, 2.45) is 0 Å². The van der Waals surface area contributed by atoms with Gasteiger partial charge in [0.15, 0.2) is 0 Å². The molecule has 0 saturated carbocycles. The third-order valence-corrected chi connectivity index (χ3v) is 4.77. The Kier molecular flexibility index (Phi) is 3.97. The first-order valence-electron chi connectivity index (χ1n) is 8.35. The number of hydrogen-bond acceptors (Lipinski definition) is 6. The molecule has 3 aromatic rings. The lowest BCUT2D eigenvalue weighted by atomic mass is 10.1. The van der Waals surface area contributed by atoms with Gasteiger partial charge in [0.2, 0.25) is 0 Å². The van der Waals surface area contributed by atoms with Gasteiger partial charge < -0.3 is 20.5 Å². The summed E-state index contributed by atoms with van der Waals surface area (Å²) in [7, 11) is 1.58. The fourth-order valence-electron chi connectivity index (χ4n) is 3.37. The van der Waals surface area contributed by atoms with Gasteiger partial charge in [0.05, 0.1) is 19.3 Å². The van der Waals surface area contributed by atoms with Crippen LogP contribution in [0.3, 0.4) is 0 Å². The number of aliphatic hydroxyl groups excluding tert-OH is 1. The van der Waals surface area contributed by atoms with E-state index in [-0.39, 0.29) is 11.4 Å². The van der Waals surface area contributed by atoms with Crippen LogP contribution in [0.5, 0.6) is 5.75 Å². The second-order valence-electron chi connectivity index (χ2n) is 6.35. The summed E-state index contributed by atoms with van der Waals surface area (Å²) in [5.41, 5.74) is 1.96. The molecule has 3 N–H and O–H groups in total. The molecule has 6 nitrogen and oxygen atoms in total. The van der Waals surface area contributed by atoms with Crippen LogP contribution in [0.25, 0.3) is 0 Å². The summed E-state index contributed by atoms with van der Waals surface area (Å²) >= 11 is 0. The average molecular weight is 350 g/mol. The number of benzene rings is 2. The van der Waals surface area contributed by atoms with Crippen molar-refractivity contribution in [2.75, 3.05) is 17.7 Å². The van der Waals surface area contributed by atoms with Gasteiger partial charge in [0.1, 0.15) is 17.1 Å². The summed E-state index contributed by atoms with van der Waals surface area (Å²) < 4.78 is 5.11. The van der Waals surface area contributed by atoms with Crippen LogP contribution in [0.2, 0.25) is 0 Å². The molecule has 4 rings (SSSR count). The lowest BCUT2D eigenvalue weighted by molar-refractivity contribution is 0.166. The quantitative estimate of drug-likeness (QED) is 0.611. The Bertz CT molecular complexity index is 1020. The minimum absolute atomic E-state index is 0.214. The first kappa shape index (κ1) is 16.4. The van der Waals surface area contributed by atoms with Gasteiger partial charge in [-0.3, -0.25) is 9.59 Å². The molecule has 0 saturated heterocycles. The normalized spacial score (nSPS) is 18.5. The first-order valence-corrected chi connectivity index (χ1v) is 8.35. The van der Waals surface area contributed by atoms with Crippen LogP contribution in [0.4, 0.5) is 17.1 Å². The monoisotopic (exact) mass is 350 g/mol. The Balaban J connectivity index is 1.60. The molecule has 0 radical (unpaired) electrons. The Labute approximate surface area is 149 Å². The van der Waals surface area contributed by atoms with E-state index in [0.717, 1.165) is 11.1 Å². The van der Waals surface area contributed by atoms with Crippen molar-refractivity contribution in [2.45, 2.75) is 18.6 Å². The van der Waals surface area contributed by atoms with Gasteiger partial charge in [-0.05, 0) is 35.4 Å². The molecule has 0 heterocycles. The molecule has 0 amide bonds. The largest absolute Gasteiger partial charge is 0.497 e. The molecule has 3 aromatic carbocycles. The molecular weight excluding hydrogens is 332 g/mol. The van der Waals surface area contributed by atoms with Crippen LogP contribution < -0.4 is 26.2 Å². The zero-order chi connectivity index (χ0) is 18.3. The molecule has 2 atom stereocenters. The molecular formula is C20H18N2O4. The lowest BCUT2D eigenvalue weighted by Gasteiger charge is -2.22. The number of fused-ring (bicyclic) bond motifs is 1. The second kappa shape index (κ2) is 6.31. The zero-order valence-corrected chi connectivity index (χ0v) is 14.2. The van der Waals surface area contributed by atoms with Gasteiger partial charge in [-0.2, -0.15) is 0 Å². The number of anilines is 3. The van der Waals surface area contributed by atoms with Gasteiger partial charge >= 0.3 is 0 Å². The molecule has 0 aliphatic heterocycles. The minimum Gasteiger partial charge on any atom is -0.497 e. The van der Waals surface area contributed by atoms with Crippen molar-refractivity contribution in [3.05, 3.63) is 80.1 Å². The summed E-state index contributed by atoms with van der Waals surface area (Å²) in [4.78, 5) is 24.1. The third-order valence-electron chi connectivity index (χ3n) is 4.77. The predicted molar refractivity (Wildman–Crippen MR) is 100 cm³/mol. The molecule has 0 fully saturated rings. The molecule has 1 aliphatic carbocycles. The fourth-order valence-corrected chi connectivity index (χ4v) is 3.37. The molecule has 0 bridgehead atoms. The van der Waals surface area contributed by atoms with Gasteiger partial charge in [0.25, 0.3) is 10.9 Å². The average Bonchev–Trinajstić information content (AvgIpc) is 2.99. The number of ether oxygens (including phenoxy) is 1. The highest BCUT2D eigenvalue weighted by atomic mass is 16.5. The minimum atomic E-state index is -0.648. The maximum Gasteiger partial charge on any atom is 0.253 e. The van der Waals surface area contributed by atoms with Crippen molar-refractivity contribution in [3.8, 4) is 5.75 Å². The summed E-state index contributed by atoms with van der Waals surface area (Å²) in [6, 6.07) is 14.3. The summed E-state index contributed by atoms with van der Waals surface area (Å²) in [6.45, 7) is 0. The van der Waals surface area contributed by atoms with Crippen LogP contribution in [0, 0.1) is 0 Å². The topological polar surface area (TPSA) is 87.7 Å². The van der Waals surface area contributed by atoms with E-state index >= 15 is 0 Å². The molecule has 0 spiro atoms. The van der Waals surface area contributed by atoms with Gasteiger partial charge in [0, 0.05) is 12.1 Å². The molecule has 0 aromatic heterocycles. The van der Waals surface area contributed by atoms with E-state index in [4.69, 9.17) is 4.74 Å². The predicted octanol–water partition coefficient (Wildman–Crippen LogP) is 2.10. The highest BCUT2D eigenvalue weighted by molar-refractivity contribution is 5.79. The van der Waals surface area contributed by atoms with E-state index in [1.165, 1.54) is 0 Å². The van der Waals surface area contributed by atoms with Crippen molar-refractivity contribution < 1.29 is 9.84 Å². The molecule has 132 valence electrons. The summed E-state index contributed by atoms with van der Waals surface area (Å²) in [6.07, 6.45) is -0.129. The fraction of sp³-hybridized carbons (Fsp3) is 0.200. The van der Waals surface area contributed by atoms with Crippen molar-refractivity contribution in [3.63, 3.8) is 0 Å². The number of aliphatic hydroxyl groups is 1. The number of methoxy groups -OCH3 is 1. The van der Waals surface area contributed by atoms with E-state index in [2.05, 4.69) is 10.6 Å². The standard InChI is InChI=1S/C20H18N2O4/c1-26-13-8-6-12(7-9-13)21-17-18(20(25)19(17)24)22-16-14-5-3-2-4-11(14)10-15(16)23/h2-9,15-16,21-23H,10H2,1H3/t15-,16+/m1/s1. The Hall–Kier alpha value is -3.12. The highest BCUT2D eigenvalue weighted by Crippen LogP contribution is 2.35. The zero-order valence-electron chi connectivity index (χ0n) is 14.2. The smallest absolute Gasteiger partial charge is 0.253 e. The number of nitrogens with one attached hydrogen (secondary N) is 2. The molecule has 6 heteroatoms. The van der Waals surface area contributed by atoms with E-state index in [0.29, 0.717) is 17.9 Å². The maximum absolute atomic E-state index is 12.1. The third kappa shape index (κ3) is 2.64. The maximum atomic E-state index is 12.1. The summed E-state index contributed by atoms with van der Waals surface area (Å²) in [5, 5.41) is 16.4.